The van der Waals surface area contributed by atoms with Gasteiger partial charge in [-0.3, -0.25) is 5.10 Å². The standard InChI is InChI=1S/C11H19N3/c1-8-4-3-5-10(8)12-7-11-9(2)6-13-14-11/h6,8,10,12H,3-5,7H2,1-2H3,(H,13,14). The molecule has 0 saturated heterocycles. The Labute approximate surface area is 85.3 Å². The summed E-state index contributed by atoms with van der Waals surface area (Å²) < 4.78 is 0. The first kappa shape index (κ1) is 9.71. The molecule has 3 nitrogen and oxygen atoms in total. The maximum Gasteiger partial charge on any atom is 0.0519 e. The van der Waals surface area contributed by atoms with Gasteiger partial charge in [0.15, 0.2) is 0 Å². The molecule has 3 heteroatoms. The van der Waals surface area contributed by atoms with Crippen LogP contribution in [-0.2, 0) is 6.54 Å². The lowest BCUT2D eigenvalue weighted by atomic mass is 10.1. The summed E-state index contributed by atoms with van der Waals surface area (Å²) in [6.45, 7) is 5.36. The van der Waals surface area contributed by atoms with E-state index in [2.05, 4.69) is 29.4 Å². The van der Waals surface area contributed by atoms with Crippen LogP contribution in [0.3, 0.4) is 0 Å². The molecule has 0 radical (unpaired) electrons. The zero-order valence-electron chi connectivity index (χ0n) is 9.01. The lowest BCUT2D eigenvalue weighted by Gasteiger charge is -2.16. The molecule has 0 amide bonds. The number of nitrogens with zero attached hydrogens (tertiary/aromatic N) is 1. The highest BCUT2D eigenvalue weighted by atomic mass is 15.1. The van der Waals surface area contributed by atoms with Gasteiger partial charge in [0.05, 0.1) is 11.9 Å². The van der Waals surface area contributed by atoms with Crippen molar-refractivity contribution in [3.8, 4) is 0 Å². The highest BCUT2D eigenvalue weighted by Crippen LogP contribution is 2.24. The van der Waals surface area contributed by atoms with Crippen LogP contribution in [0, 0.1) is 12.8 Å². The van der Waals surface area contributed by atoms with Gasteiger partial charge in [0.1, 0.15) is 0 Å². The van der Waals surface area contributed by atoms with Crippen LogP contribution >= 0.6 is 0 Å². The quantitative estimate of drug-likeness (QED) is 0.770. The predicted molar refractivity (Wildman–Crippen MR) is 57.0 cm³/mol. The number of hydrogen-bond acceptors (Lipinski definition) is 2. The molecule has 1 aliphatic carbocycles. The molecule has 0 bridgehead atoms. The van der Waals surface area contributed by atoms with Gasteiger partial charge in [-0.25, -0.2) is 0 Å². The van der Waals surface area contributed by atoms with Crippen LogP contribution in [0.1, 0.15) is 37.4 Å². The molecule has 1 aromatic rings. The Kier molecular flexibility index (Phi) is 2.87. The van der Waals surface area contributed by atoms with Crippen molar-refractivity contribution in [2.45, 2.75) is 45.7 Å². The van der Waals surface area contributed by atoms with E-state index in [1.54, 1.807) is 0 Å². The van der Waals surface area contributed by atoms with Crippen molar-refractivity contribution in [3.63, 3.8) is 0 Å². The van der Waals surface area contributed by atoms with Crippen LogP contribution in [0.2, 0.25) is 0 Å². The van der Waals surface area contributed by atoms with E-state index in [4.69, 9.17) is 0 Å². The summed E-state index contributed by atoms with van der Waals surface area (Å²) in [7, 11) is 0. The van der Waals surface area contributed by atoms with E-state index >= 15 is 0 Å². The zero-order chi connectivity index (χ0) is 9.97. The molecular weight excluding hydrogens is 174 g/mol. The molecule has 1 heterocycles. The maximum atomic E-state index is 4.02. The minimum absolute atomic E-state index is 0.706. The number of nitrogens with one attached hydrogen (secondary N) is 2. The van der Waals surface area contributed by atoms with Crippen LogP contribution < -0.4 is 5.32 Å². The fraction of sp³-hybridized carbons (Fsp3) is 0.727. The van der Waals surface area contributed by atoms with Crippen LogP contribution in [0.25, 0.3) is 0 Å². The van der Waals surface area contributed by atoms with E-state index in [9.17, 15) is 0 Å². The highest BCUT2D eigenvalue weighted by molar-refractivity contribution is 5.13. The largest absolute Gasteiger partial charge is 0.308 e. The van der Waals surface area contributed by atoms with Gasteiger partial charge in [-0.2, -0.15) is 5.10 Å². The topological polar surface area (TPSA) is 40.7 Å². The van der Waals surface area contributed by atoms with Crippen LogP contribution in [0.5, 0.6) is 0 Å². The Morgan fingerprint density at radius 1 is 1.57 bits per heavy atom. The molecule has 1 fully saturated rings. The molecule has 2 N–H and O–H groups in total. The molecule has 1 aliphatic rings. The van der Waals surface area contributed by atoms with Crippen molar-refractivity contribution in [1.82, 2.24) is 15.5 Å². The first-order valence-corrected chi connectivity index (χ1v) is 5.49. The first-order valence-electron chi connectivity index (χ1n) is 5.49. The number of rotatable bonds is 3. The van der Waals surface area contributed by atoms with Crippen molar-refractivity contribution < 1.29 is 0 Å². The van der Waals surface area contributed by atoms with Crippen LogP contribution in [0.4, 0.5) is 0 Å². The summed E-state index contributed by atoms with van der Waals surface area (Å²) in [6.07, 6.45) is 5.96. The summed E-state index contributed by atoms with van der Waals surface area (Å²) in [5.74, 6) is 0.832. The number of aromatic amines is 1. The summed E-state index contributed by atoms with van der Waals surface area (Å²) in [6, 6.07) is 0.706. The number of aryl methyl sites for hydroxylation is 1. The molecular formula is C11H19N3. The van der Waals surface area contributed by atoms with Gasteiger partial charge in [-0.05, 0) is 31.2 Å². The summed E-state index contributed by atoms with van der Waals surface area (Å²) >= 11 is 0. The second-order valence-corrected chi connectivity index (χ2v) is 4.43. The molecule has 2 unspecified atom stereocenters. The normalized spacial score (nSPS) is 27.0. The van der Waals surface area contributed by atoms with Crippen LogP contribution in [-0.4, -0.2) is 16.2 Å². The molecule has 2 atom stereocenters. The van der Waals surface area contributed by atoms with E-state index in [0.717, 1.165) is 12.5 Å². The maximum absolute atomic E-state index is 4.02. The summed E-state index contributed by atoms with van der Waals surface area (Å²) in [5.41, 5.74) is 2.48. The van der Waals surface area contributed by atoms with E-state index in [0.29, 0.717) is 6.04 Å². The van der Waals surface area contributed by atoms with Gasteiger partial charge in [-0.1, -0.05) is 13.3 Å². The monoisotopic (exact) mass is 193 g/mol. The molecule has 0 aromatic carbocycles. The highest BCUT2D eigenvalue weighted by Gasteiger charge is 2.22. The first-order chi connectivity index (χ1) is 6.77. The molecule has 0 aliphatic heterocycles. The van der Waals surface area contributed by atoms with E-state index in [-0.39, 0.29) is 0 Å². The number of hydrogen-bond donors (Lipinski definition) is 2. The predicted octanol–water partition coefficient (Wildman–Crippen LogP) is 2.00. The third-order valence-electron chi connectivity index (χ3n) is 3.34. The second kappa shape index (κ2) is 4.13. The Balaban J connectivity index is 1.85. The van der Waals surface area contributed by atoms with E-state index < -0.39 is 0 Å². The van der Waals surface area contributed by atoms with E-state index in [1.807, 2.05) is 6.20 Å². The van der Waals surface area contributed by atoms with Crippen LogP contribution in [0.15, 0.2) is 6.20 Å². The third-order valence-corrected chi connectivity index (χ3v) is 3.34. The average molecular weight is 193 g/mol. The molecule has 78 valence electrons. The Morgan fingerprint density at radius 2 is 2.43 bits per heavy atom. The van der Waals surface area contributed by atoms with Crippen molar-refractivity contribution >= 4 is 0 Å². The lowest BCUT2D eigenvalue weighted by molar-refractivity contribution is 0.423. The summed E-state index contributed by atoms with van der Waals surface area (Å²) in [4.78, 5) is 0. The second-order valence-electron chi connectivity index (χ2n) is 4.43. The molecule has 1 aromatic heterocycles. The van der Waals surface area contributed by atoms with Crippen molar-refractivity contribution in [3.05, 3.63) is 17.5 Å². The number of H-pyrrole nitrogens is 1. The average Bonchev–Trinajstić information content (AvgIpc) is 2.72. The molecule has 1 saturated carbocycles. The SMILES string of the molecule is Cc1cn[nH]c1CNC1CCCC1C. The minimum Gasteiger partial charge on any atom is -0.308 e. The van der Waals surface area contributed by atoms with E-state index in [1.165, 1.54) is 30.5 Å². The molecule has 14 heavy (non-hydrogen) atoms. The molecule has 0 spiro atoms. The number of aromatic nitrogens is 2. The van der Waals surface area contributed by atoms with Gasteiger partial charge in [0, 0.05) is 12.6 Å². The van der Waals surface area contributed by atoms with Gasteiger partial charge in [-0.15, -0.1) is 0 Å². The lowest BCUT2D eigenvalue weighted by Crippen LogP contribution is -2.30. The van der Waals surface area contributed by atoms with Gasteiger partial charge < -0.3 is 5.32 Å². The van der Waals surface area contributed by atoms with Gasteiger partial charge in [0.2, 0.25) is 0 Å². The fourth-order valence-electron chi connectivity index (χ4n) is 2.23. The van der Waals surface area contributed by atoms with Gasteiger partial charge in [0.25, 0.3) is 0 Å². The van der Waals surface area contributed by atoms with Crippen molar-refractivity contribution in [2.75, 3.05) is 0 Å². The molecule has 2 rings (SSSR count). The Morgan fingerprint density at radius 3 is 3.00 bits per heavy atom. The summed E-state index contributed by atoms with van der Waals surface area (Å²) in [5, 5.41) is 10.7. The van der Waals surface area contributed by atoms with Crippen molar-refractivity contribution in [1.29, 1.82) is 0 Å². The zero-order valence-corrected chi connectivity index (χ0v) is 9.01. The smallest absolute Gasteiger partial charge is 0.0519 e. The van der Waals surface area contributed by atoms with Gasteiger partial charge >= 0.3 is 0 Å². The fourth-order valence-corrected chi connectivity index (χ4v) is 2.23. The van der Waals surface area contributed by atoms with Crippen molar-refractivity contribution in [2.24, 2.45) is 5.92 Å². The minimum atomic E-state index is 0.706. The Bertz CT molecular complexity index is 292. The third kappa shape index (κ3) is 1.98. The Hall–Kier alpha value is -0.830.